The summed E-state index contributed by atoms with van der Waals surface area (Å²) in [6.45, 7) is 4.66. The first-order chi connectivity index (χ1) is 30.0. The zero-order chi connectivity index (χ0) is 45.7. The van der Waals surface area contributed by atoms with Crippen LogP contribution in [0.4, 0.5) is 0 Å². The van der Waals surface area contributed by atoms with E-state index in [-0.39, 0.29) is 19.1 Å². The number of aliphatic hydroxyl groups excluding tert-OH is 1. The maximum atomic E-state index is 12.9. The molecule has 1 amide bonds. The molecule has 0 heterocycles. The third-order valence-corrected chi connectivity index (χ3v) is 11.6. The molecule has 0 aliphatic carbocycles. The van der Waals surface area contributed by atoms with Gasteiger partial charge in [-0.05, 0) is 77.0 Å². The van der Waals surface area contributed by atoms with Crippen LogP contribution in [0.2, 0.25) is 0 Å². The summed E-state index contributed by atoms with van der Waals surface area (Å²) in [7, 11) is 1.53. The molecule has 62 heavy (non-hydrogen) atoms. The first-order valence-corrected chi connectivity index (χ1v) is 26.5. The van der Waals surface area contributed by atoms with Gasteiger partial charge in [0.1, 0.15) is 13.2 Å². The van der Waals surface area contributed by atoms with E-state index in [9.17, 15) is 19.4 Å². The van der Waals surface area contributed by atoms with Crippen molar-refractivity contribution < 1.29 is 32.9 Å². The Morgan fingerprint density at radius 3 is 1.48 bits per heavy atom. The molecule has 8 nitrogen and oxygen atoms in total. The van der Waals surface area contributed by atoms with Crippen LogP contribution in [0.15, 0.2) is 85.1 Å². The number of phosphoric acid groups is 1. The summed E-state index contributed by atoms with van der Waals surface area (Å²) in [6.07, 6.45) is 60.9. The van der Waals surface area contributed by atoms with Gasteiger partial charge in [0.15, 0.2) is 0 Å². The number of allylic oxidation sites excluding steroid dienone is 13. The molecular weight excluding hydrogens is 792 g/mol. The highest BCUT2D eigenvalue weighted by molar-refractivity contribution is 7.47. The van der Waals surface area contributed by atoms with E-state index in [4.69, 9.17) is 9.05 Å². The van der Waals surface area contributed by atoms with Gasteiger partial charge in [-0.25, -0.2) is 4.57 Å². The van der Waals surface area contributed by atoms with Gasteiger partial charge in [0, 0.05) is 6.42 Å². The summed E-state index contributed by atoms with van der Waals surface area (Å²) in [5, 5.41) is 13.8. The molecule has 0 aliphatic heterocycles. The van der Waals surface area contributed by atoms with Crippen LogP contribution >= 0.6 is 7.82 Å². The van der Waals surface area contributed by atoms with Crippen molar-refractivity contribution in [3.63, 3.8) is 0 Å². The topological polar surface area (TPSA) is 105 Å². The fourth-order valence-corrected chi connectivity index (χ4v) is 7.41. The number of phosphoric ester groups is 1. The molecule has 0 fully saturated rings. The molecule has 0 aromatic heterocycles. The number of hydrogen-bond donors (Lipinski definition) is 3. The number of amides is 1. The molecule has 0 radical (unpaired) electrons. The third-order valence-electron chi connectivity index (χ3n) is 10.6. The van der Waals surface area contributed by atoms with E-state index in [2.05, 4.69) is 92.1 Å². The molecule has 0 aromatic carbocycles. The normalized spacial score (nSPS) is 14.9. The minimum absolute atomic E-state index is 0.0476. The highest BCUT2D eigenvalue weighted by Crippen LogP contribution is 2.43. The van der Waals surface area contributed by atoms with Gasteiger partial charge in [-0.1, -0.05) is 195 Å². The average molecular weight is 888 g/mol. The number of quaternary nitrogens is 1. The second-order valence-electron chi connectivity index (χ2n) is 17.8. The Bertz CT molecular complexity index is 1280. The SMILES string of the molecule is CC/C=C\C/C=C\C/C=C\C/C=C\C/C=C\CCCCCCCC(=O)NC(COP(=O)(O)OCC[N+](C)(C)C)C(O)/C=C/CC/C=C/CCCCCCCCCCCCCCC. The van der Waals surface area contributed by atoms with Gasteiger partial charge in [0.05, 0.1) is 39.9 Å². The predicted molar refractivity (Wildman–Crippen MR) is 267 cm³/mol. The quantitative estimate of drug-likeness (QED) is 0.0244. The number of nitrogens with zero attached hydrogens (tertiary/aromatic N) is 1. The first kappa shape index (κ1) is 59.7. The van der Waals surface area contributed by atoms with Crippen LogP contribution in [-0.4, -0.2) is 73.4 Å². The third kappa shape index (κ3) is 45.7. The lowest BCUT2D eigenvalue weighted by atomic mass is 10.0. The molecule has 3 N–H and O–H groups in total. The van der Waals surface area contributed by atoms with Crippen molar-refractivity contribution in [2.24, 2.45) is 0 Å². The summed E-state index contributed by atoms with van der Waals surface area (Å²) < 4.78 is 23.6. The minimum Gasteiger partial charge on any atom is -0.387 e. The number of likely N-dealkylation sites (N-methyl/N-ethyl adjacent to an activating group) is 1. The number of hydrogen-bond acceptors (Lipinski definition) is 5. The van der Waals surface area contributed by atoms with Gasteiger partial charge >= 0.3 is 7.82 Å². The summed E-state index contributed by atoms with van der Waals surface area (Å²) in [5.74, 6) is -0.209. The van der Waals surface area contributed by atoms with Crippen LogP contribution in [-0.2, 0) is 18.4 Å². The molecule has 0 bridgehead atoms. The Morgan fingerprint density at radius 1 is 0.565 bits per heavy atom. The van der Waals surface area contributed by atoms with Crippen molar-refractivity contribution in [1.29, 1.82) is 0 Å². The van der Waals surface area contributed by atoms with Crippen molar-refractivity contribution in [2.75, 3.05) is 40.9 Å². The van der Waals surface area contributed by atoms with Crippen LogP contribution in [0.25, 0.3) is 0 Å². The zero-order valence-electron chi connectivity index (χ0n) is 40.6. The van der Waals surface area contributed by atoms with Crippen molar-refractivity contribution in [3.05, 3.63) is 85.1 Å². The molecular formula is C53H96N2O6P+. The van der Waals surface area contributed by atoms with Gasteiger partial charge in [0.2, 0.25) is 5.91 Å². The van der Waals surface area contributed by atoms with Crippen LogP contribution in [0.5, 0.6) is 0 Å². The molecule has 0 rings (SSSR count). The Balaban J connectivity index is 4.45. The molecule has 0 spiro atoms. The number of nitrogens with one attached hydrogen (secondary N) is 1. The largest absolute Gasteiger partial charge is 0.472 e. The Hall–Kier alpha value is -2.32. The van der Waals surface area contributed by atoms with Crippen LogP contribution in [0, 0.1) is 0 Å². The molecule has 0 aliphatic rings. The first-order valence-electron chi connectivity index (χ1n) is 25.0. The highest BCUT2D eigenvalue weighted by Gasteiger charge is 2.27. The second-order valence-corrected chi connectivity index (χ2v) is 19.3. The van der Waals surface area contributed by atoms with Crippen molar-refractivity contribution in [3.8, 4) is 0 Å². The monoisotopic (exact) mass is 888 g/mol. The van der Waals surface area contributed by atoms with Crippen LogP contribution < -0.4 is 5.32 Å². The van der Waals surface area contributed by atoms with Gasteiger partial charge in [0.25, 0.3) is 0 Å². The lowest BCUT2D eigenvalue weighted by molar-refractivity contribution is -0.870. The Morgan fingerprint density at radius 2 is 0.984 bits per heavy atom. The number of rotatable bonds is 44. The molecule has 0 saturated carbocycles. The number of unbranched alkanes of at least 4 members (excludes halogenated alkanes) is 19. The van der Waals surface area contributed by atoms with Crippen molar-refractivity contribution in [1.82, 2.24) is 5.32 Å². The van der Waals surface area contributed by atoms with E-state index in [1.54, 1.807) is 6.08 Å². The summed E-state index contributed by atoms with van der Waals surface area (Å²) >= 11 is 0. The van der Waals surface area contributed by atoms with E-state index in [0.29, 0.717) is 17.4 Å². The van der Waals surface area contributed by atoms with E-state index >= 15 is 0 Å². The van der Waals surface area contributed by atoms with Crippen LogP contribution in [0.1, 0.15) is 194 Å². The van der Waals surface area contributed by atoms with Crippen LogP contribution in [0.3, 0.4) is 0 Å². The fraction of sp³-hybridized carbons (Fsp3) is 0.717. The van der Waals surface area contributed by atoms with Crippen molar-refractivity contribution in [2.45, 2.75) is 206 Å². The van der Waals surface area contributed by atoms with Gasteiger partial charge in [-0.2, -0.15) is 0 Å². The zero-order valence-corrected chi connectivity index (χ0v) is 41.5. The molecule has 0 saturated heterocycles. The number of aliphatic hydroxyl groups is 1. The smallest absolute Gasteiger partial charge is 0.387 e. The number of carbonyl (C=O) groups is 1. The lowest BCUT2D eigenvalue weighted by Crippen LogP contribution is -2.45. The molecule has 9 heteroatoms. The van der Waals surface area contributed by atoms with Crippen molar-refractivity contribution >= 4 is 13.7 Å². The van der Waals surface area contributed by atoms with E-state index in [1.165, 1.54) is 83.5 Å². The second kappa shape index (κ2) is 43.9. The Kier molecular flexibility index (Phi) is 42.3. The summed E-state index contributed by atoms with van der Waals surface area (Å²) in [6, 6.07) is -0.879. The summed E-state index contributed by atoms with van der Waals surface area (Å²) in [4.78, 5) is 23.2. The van der Waals surface area contributed by atoms with E-state index in [0.717, 1.165) is 89.9 Å². The molecule has 3 unspecified atom stereocenters. The number of carbonyl (C=O) groups excluding carboxylic acids is 1. The fourth-order valence-electron chi connectivity index (χ4n) is 6.67. The average Bonchev–Trinajstić information content (AvgIpc) is 3.23. The van der Waals surface area contributed by atoms with Gasteiger partial charge in [-0.3, -0.25) is 13.8 Å². The molecule has 358 valence electrons. The predicted octanol–water partition coefficient (Wildman–Crippen LogP) is 14.5. The molecule has 0 aromatic rings. The Labute approximate surface area is 382 Å². The minimum atomic E-state index is -4.36. The van der Waals surface area contributed by atoms with E-state index < -0.39 is 20.0 Å². The standard InChI is InChI=1S/C53H95N2O6P/c1-6-8-10-12-14-16-18-20-22-24-26-27-29-31-33-35-37-39-41-43-45-47-53(57)54-51(50-61-62(58,59)60-49-48-55(3,4)5)52(56)46-44-42-40-38-36-34-32-30-28-25-23-21-19-17-15-13-11-9-7-2/h8,10,14,16,20,22,26-27,31,33,36,38,44,46,51-52,56H,6-7,9,11-13,15,17-19,21,23-25,28-30,32,34-35,37,39-43,45,47-50H2,1-5H3,(H-,54,57,58,59)/p+1/b10-8-,16-14-,22-20-,27-26-,33-31-,38-36+,46-44+. The van der Waals surface area contributed by atoms with Gasteiger partial charge < -0.3 is 19.8 Å². The lowest BCUT2D eigenvalue weighted by Gasteiger charge is -2.25. The maximum Gasteiger partial charge on any atom is 0.472 e. The molecule has 3 atom stereocenters. The highest BCUT2D eigenvalue weighted by atomic mass is 31.2. The van der Waals surface area contributed by atoms with E-state index in [1.807, 2.05) is 27.2 Å². The van der Waals surface area contributed by atoms with Gasteiger partial charge in [-0.15, -0.1) is 0 Å². The summed E-state index contributed by atoms with van der Waals surface area (Å²) in [5.41, 5.74) is 0. The maximum absolute atomic E-state index is 12.9.